The minimum Gasteiger partial charge on any atom is -0.508 e. The van der Waals surface area contributed by atoms with Crippen LogP contribution >= 0.6 is 0 Å². The number of carbonyl (C=O) groups excluding carboxylic acids is 11. The number of nitrogens with zero attached hydrogens (tertiary/aromatic N) is 1. The van der Waals surface area contributed by atoms with Crippen LogP contribution in [0.15, 0.2) is 116 Å². The average Bonchev–Trinajstić information content (AvgIpc) is 1.77. The van der Waals surface area contributed by atoms with Gasteiger partial charge in [0.1, 0.15) is 66.2 Å². The van der Waals surface area contributed by atoms with E-state index in [4.69, 9.17) is 11.5 Å². The summed E-state index contributed by atoms with van der Waals surface area (Å²) < 4.78 is 0. The Balaban J connectivity index is 1.22. The number of benzene rings is 4. The van der Waals surface area contributed by atoms with E-state index in [1.807, 2.05) is 0 Å². The van der Waals surface area contributed by atoms with Gasteiger partial charge in [0.25, 0.3) is 0 Å². The fourth-order valence-electron chi connectivity index (χ4n) is 12.1. The fourth-order valence-corrected chi connectivity index (χ4v) is 12.1. The molecule has 2 saturated heterocycles. The minimum atomic E-state index is -2.02. The number of amides is 11. The number of hydrogen-bond acceptors (Lipinski definition) is 14. The van der Waals surface area contributed by atoms with Crippen LogP contribution in [0.1, 0.15) is 94.9 Å². The lowest BCUT2D eigenvalue weighted by atomic mass is 9.98. The van der Waals surface area contributed by atoms with Gasteiger partial charge in [-0.05, 0) is 97.0 Å². The minimum absolute atomic E-state index is 0.0243. The number of primary amides is 1. The van der Waals surface area contributed by atoms with Crippen molar-refractivity contribution in [2.75, 3.05) is 13.1 Å². The predicted molar refractivity (Wildman–Crippen MR) is 357 cm³/mol. The molecule has 8 rings (SSSR count). The Bertz CT molecular complexity index is 3840. The third kappa shape index (κ3) is 19.7. The number of phenols is 1. The lowest BCUT2D eigenvalue weighted by Gasteiger charge is -2.32. The maximum absolute atomic E-state index is 15.3. The monoisotopic (exact) mass is 1330 g/mol. The van der Waals surface area contributed by atoms with Crippen molar-refractivity contribution < 1.29 is 67.7 Å². The number of para-hydroxylation sites is 2. The topological polar surface area (TPSA) is 440 Å². The Morgan fingerprint density at radius 3 is 1.49 bits per heavy atom. The van der Waals surface area contributed by atoms with Gasteiger partial charge in [-0.15, -0.1) is 0 Å². The number of H-pyrrole nitrogens is 2. The molecular weight excluding hydrogens is 1250 g/mol. The maximum Gasteiger partial charge on any atom is 0.305 e. The van der Waals surface area contributed by atoms with E-state index < -0.39 is 150 Å². The van der Waals surface area contributed by atoms with Crippen molar-refractivity contribution in [1.29, 1.82) is 0 Å². The van der Waals surface area contributed by atoms with Gasteiger partial charge in [0.2, 0.25) is 65.0 Å². The number of fused-ring (bicyclic) bond motifs is 3. The van der Waals surface area contributed by atoms with Gasteiger partial charge in [-0.2, -0.15) is 0 Å². The summed E-state index contributed by atoms with van der Waals surface area (Å²) in [5.74, 6) is -13.2. The number of phenolic OH excluding ortho intramolecular Hbond substituents is 1. The van der Waals surface area contributed by atoms with Gasteiger partial charge < -0.3 is 84.4 Å². The molecule has 0 bridgehead atoms. The molecule has 4 aromatic carbocycles. The molecule has 516 valence electrons. The third-order valence-corrected chi connectivity index (χ3v) is 17.2. The van der Waals surface area contributed by atoms with Crippen molar-refractivity contribution >= 4 is 92.8 Å². The first kappa shape index (κ1) is 72.2. The Hall–Kier alpha value is -10.6. The molecule has 28 nitrogen and oxygen atoms in total. The molecule has 0 spiro atoms. The highest BCUT2D eigenvalue weighted by Crippen LogP contribution is 2.25. The summed E-state index contributed by atoms with van der Waals surface area (Å²) in [4.78, 5) is 182. The van der Waals surface area contributed by atoms with Gasteiger partial charge in [-0.25, -0.2) is 0 Å². The number of rotatable bonds is 18. The zero-order chi connectivity index (χ0) is 70.0. The van der Waals surface area contributed by atoms with Gasteiger partial charge in [-0.3, -0.25) is 57.5 Å². The maximum atomic E-state index is 15.3. The SMILES string of the molecule is CC(C)CC1NC(=O)[C@H](CCCN)NC(=O)[C@H](C(C)C)NC(=O)[C@H](Cc2c[nH]c3ccccc23)NC(=O)[C@H](CC(=O)O)NC(=O)[C@H](CC(N)=O)NC(=O)[C@@H](Cc2ccccc2)NC(=O)[C@H](Cc2c[nH]c3ccccc23)NC(=O)[C@@H]2CCCN2C(=O)[C@@H](Cc2ccc(O)cc2)NC1=O. The first-order valence-electron chi connectivity index (χ1n) is 32.5. The molecule has 17 N–H and O–H groups in total. The van der Waals surface area contributed by atoms with E-state index in [1.54, 1.807) is 131 Å². The van der Waals surface area contributed by atoms with Gasteiger partial charge in [0.05, 0.1) is 12.8 Å². The van der Waals surface area contributed by atoms with Crippen LogP contribution in [-0.2, 0) is 83.2 Å². The number of nitrogens with two attached hydrogens (primary N) is 2. The Morgan fingerprint density at radius 2 is 0.948 bits per heavy atom. The van der Waals surface area contributed by atoms with Crippen molar-refractivity contribution in [3.8, 4) is 5.75 Å². The van der Waals surface area contributed by atoms with Crippen LogP contribution in [-0.4, -0.2) is 170 Å². The zero-order valence-corrected chi connectivity index (χ0v) is 54.5. The quantitative estimate of drug-likeness (QED) is 0.0566. The second-order valence-electron chi connectivity index (χ2n) is 25.4. The van der Waals surface area contributed by atoms with Gasteiger partial charge in [0.15, 0.2) is 0 Å². The molecule has 0 saturated carbocycles. The summed E-state index contributed by atoms with van der Waals surface area (Å²) in [7, 11) is 0. The van der Waals surface area contributed by atoms with E-state index in [9.17, 15) is 53.4 Å². The largest absolute Gasteiger partial charge is 0.508 e. The highest BCUT2D eigenvalue weighted by atomic mass is 16.4. The molecule has 10 atom stereocenters. The first-order valence-corrected chi connectivity index (χ1v) is 32.5. The number of aromatic nitrogens is 2. The molecule has 2 aromatic heterocycles. The second kappa shape index (κ2) is 33.7. The fraction of sp³-hybridized carbons (Fsp3) is 0.420. The molecule has 11 amide bonds. The number of nitrogens with one attached hydrogen (secondary N) is 11. The van der Waals surface area contributed by atoms with Crippen molar-refractivity contribution in [3.63, 3.8) is 0 Å². The van der Waals surface area contributed by atoms with Crippen molar-refractivity contribution in [2.24, 2.45) is 23.3 Å². The average molecular weight is 1340 g/mol. The van der Waals surface area contributed by atoms with Gasteiger partial charge in [0, 0.05) is 66.4 Å². The summed E-state index contributed by atoms with van der Waals surface area (Å²) >= 11 is 0. The van der Waals surface area contributed by atoms with Crippen LogP contribution in [0.25, 0.3) is 21.8 Å². The number of carboxylic acids is 1. The van der Waals surface area contributed by atoms with Crippen LogP contribution in [0.3, 0.4) is 0 Å². The zero-order valence-electron chi connectivity index (χ0n) is 54.5. The van der Waals surface area contributed by atoms with Crippen molar-refractivity contribution in [1.82, 2.24) is 62.7 Å². The summed E-state index contributed by atoms with van der Waals surface area (Å²) in [5, 5.41) is 45.7. The number of carboxylic acid groups (broad SMARTS) is 1. The normalized spacial score (nSPS) is 23.5. The van der Waals surface area contributed by atoms with E-state index in [-0.39, 0.29) is 76.1 Å². The van der Waals surface area contributed by atoms with E-state index >= 15 is 14.4 Å². The molecule has 6 aromatic rings. The number of carbonyl (C=O) groups is 12. The van der Waals surface area contributed by atoms with Gasteiger partial charge in [-0.1, -0.05) is 107 Å². The molecule has 1 unspecified atom stereocenters. The molecule has 0 aliphatic carbocycles. The summed E-state index contributed by atoms with van der Waals surface area (Å²) in [6.45, 7) is 6.92. The summed E-state index contributed by atoms with van der Waals surface area (Å²) in [5.41, 5.74) is 15.0. The van der Waals surface area contributed by atoms with E-state index in [1.165, 1.54) is 17.0 Å². The lowest BCUT2D eigenvalue weighted by molar-refractivity contribution is -0.142. The molecule has 2 aliphatic rings. The molecule has 2 fully saturated rings. The van der Waals surface area contributed by atoms with Crippen LogP contribution in [0.2, 0.25) is 0 Å². The Kier molecular flexibility index (Phi) is 25.0. The summed E-state index contributed by atoms with van der Waals surface area (Å²) in [6.07, 6.45) is 0.885. The Labute approximate surface area is 559 Å². The Morgan fingerprint density at radius 1 is 0.505 bits per heavy atom. The van der Waals surface area contributed by atoms with E-state index in [2.05, 4.69) is 57.8 Å². The van der Waals surface area contributed by atoms with Crippen LogP contribution in [0.4, 0.5) is 0 Å². The molecule has 97 heavy (non-hydrogen) atoms. The molecule has 4 heterocycles. The van der Waals surface area contributed by atoms with Crippen LogP contribution in [0.5, 0.6) is 5.75 Å². The third-order valence-electron chi connectivity index (χ3n) is 17.2. The van der Waals surface area contributed by atoms with Gasteiger partial charge >= 0.3 is 5.97 Å². The standard InChI is InChI=1S/C69H86N14O14/c1-37(2)28-49-61(89)81-55(30-40-22-24-43(84)25-23-40)69(97)83-27-13-21-56(83)67(95)80-51(31-41-35-72-46-18-10-8-16-44(41)46)63(91)76-50(29-39-14-6-5-7-15-39)62(90)78-53(33-57(71)85)64(92)79-54(34-58(86)87)65(93)77-52(32-42-36-73-47-19-11-9-17-45(42)47)66(94)82-59(38(3)4)68(96)74-48(20-12-26-70)60(88)75-49/h5-11,14-19,22-25,35-38,48-56,59,72-73,84H,12-13,20-21,26-34,70H2,1-4H3,(H2,71,85)(H,74,96)(H,75,88)(H,76,91)(H,77,93)(H,78,90)(H,79,92)(H,80,95)(H,81,89)(H,82,94)(H,86,87)/t48-,49?,50+,51-,52-,53-,54-,55+,56-,59-/m0/s1. The second-order valence-corrected chi connectivity index (χ2v) is 25.4. The summed E-state index contributed by atoms with van der Waals surface area (Å²) in [6, 6.07) is 13.0. The van der Waals surface area contributed by atoms with Crippen molar-refractivity contribution in [2.45, 2.75) is 159 Å². The highest BCUT2D eigenvalue weighted by Gasteiger charge is 2.42. The lowest BCUT2D eigenvalue weighted by Crippen LogP contribution is -2.62. The van der Waals surface area contributed by atoms with Crippen molar-refractivity contribution in [3.05, 3.63) is 138 Å². The van der Waals surface area contributed by atoms with Crippen LogP contribution < -0.4 is 59.3 Å². The molecule has 2 aliphatic heterocycles. The molecule has 28 heteroatoms. The van der Waals surface area contributed by atoms with Crippen LogP contribution in [0, 0.1) is 11.8 Å². The number of aromatic hydroxyl groups is 1. The molecular formula is C69H86N14O14. The predicted octanol–water partition coefficient (Wildman–Crippen LogP) is 0.784. The molecule has 0 radical (unpaired) electrons. The van der Waals surface area contributed by atoms with E-state index in [0.29, 0.717) is 50.5 Å². The van der Waals surface area contributed by atoms with E-state index in [0.717, 1.165) is 0 Å². The number of aromatic amines is 2. The highest BCUT2D eigenvalue weighted by molar-refractivity contribution is 6.01. The smallest absolute Gasteiger partial charge is 0.305 e. The number of aliphatic carboxylic acids is 1. The first-order chi connectivity index (χ1) is 46.3. The number of hydrogen-bond donors (Lipinski definition) is 15.